The van der Waals surface area contributed by atoms with Gasteiger partial charge in [-0.25, -0.2) is 0 Å². The number of rotatable bonds is 6. The standard InChI is InChI=1S/C10H13BrN2O3/c1-2-12-3-4-16-10-6-8(11)5-9(7-10)13(14)15/h5-7,12H,2-4H2,1H3. The quantitative estimate of drug-likeness (QED) is 0.496. The van der Waals surface area contributed by atoms with E-state index in [-0.39, 0.29) is 5.69 Å². The fourth-order valence-electron chi connectivity index (χ4n) is 1.15. The molecule has 6 heteroatoms. The van der Waals surface area contributed by atoms with Crippen molar-refractivity contribution >= 4 is 21.6 Å². The number of non-ortho nitro benzene ring substituents is 1. The Morgan fingerprint density at radius 3 is 2.88 bits per heavy atom. The summed E-state index contributed by atoms with van der Waals surface area (Å²) in [7, 11) is 0. The average Bonchev–Trinajstić information content (AvgIpc) is 2.23. The van der Waals surface area contributed by atoms with Crippen LogP contribution in [-0.2, 0) is 0 Å². The molecule has 0 unspecified atom stereocenters. The van der Waals surface area contributed by atoms with Gasteiger partial charge in [0.2, 0.25) is 0 Å². The minimum Gasteiger partial charge on any atom is -0.492 e. The minimum absolute atomic E-state index is 0.0211. The predicted molar refractivity (Wildman–Crippen MR) is 64.8 cm³/mol. The van der Waals surface area contributed by atoms with Gasteiger partial charge in [-0.3, -0.25) is 10.1 Å². The van der Waals surface area contributed by atoms with Crippen molar-refractivity contribution < 1.29 is 9.66 Å². The van der Waals surface area contributed by atoms with Crippen LogP contribution in [0.2, 0.25) is 0 Å². The lowest BCUT2D eigenvalue weighted by Gasteiger charge is -2.06. The first kappa shape index (κ1) is 12.9. The number of hydrogen-bond donors (Lipinski definition) is 1. The molecule has 16 heavy (non-hydrogen) atoms. The topological polar surface area (TPSA) is 64.4 Å². The summed E-state index contributed by atoms with van der Waals surface area (Å²) in [5.41, 5.74) is 0.0211. The molecule has 0 spiro atoms. The largest absolute Gasteiger partial charge is 0.492 e. The molecule has 0 fully saturated rings. The lowest BCUT2D eigenvalue weighted by molar-refractivity contribution is -0.385. The molecule has 0 amide bonds. The van der Waals surface area contributed by atoms with Gasteiger partial charge in [0.15, 0.2) is 0 Å². The van der Waals surface area contributed by atoms with E-state index in [9.17, 15) is 10.1 Å². The van der Waals surface area contributed by atoms with Crippen LogP contribution in [0.4, 0.5) is 5.69 Å². The smallest absolute Gasteiger partial charge is 0.274 e. The van der Waals surface area contributed by atoms with Crippen molar-refractivity contribution in [3.63, 3.8) is 0 Å². The molecule has 1 rings (SSSR count). The van der Waals surface area contributed by atoms with Gasteiger partial charge in [-0.2, -0.15) is 0 Å². The summed E-state index contributed by atoms with van der Waals surface area (Å²) in [5, 5.41) is 13.7. The number of nitrogens with one attached hydrogen (secondary N) is 1. The maximum absolute atomic E-state index is 10.6. The van der Waals surface area contributed by atoms with Gasteiger partial charge in [-0.15, -0.1) is 0 Å². The van der Waals surface area contributed by atoms with Crippen molar-refractivity contribution in [3.8, 4) is 5.75 Å². The molecule has 0 atom stereocenters. The number of benzene rings is 1. The van der Waals surface area contributed by atoms with Gasteiger partial charge in [0.05, 0.1) is 11.0 Å². The third-order valence-corrected chi connectivity index (χ3v) is 2.32. The zero-order valence-electron chi connectivity index (χ0n) is 8.90. The molecule has 1 aromatic rings. The molecule has 0 saturated carbocycles. The number of hydrogen-bond acceptors (Lipinski definition) is 4. The Kier molecular flexibility index (Phi) is 5.21. The Hall–Kier alpha value is -1.14. The Morgan fingerprint density at radius 2 is 2.25 bits per heavy atom. The van der Waals surface area contributed by atoms with Crippen LogP contribution in [0.5, 0.6) is 5.75 Å². The van der Waals surface area contributed by atoms with Gasteiger partial charge in [0.1, 0.15) is 12.4 Å². The molecule has 1 N–H and O–H groups in total. The molecule has 0 aliphatic carbocycles. The van der Waals surface area contributed by atoms with E-state index in [0.29, 0.717) is 16.8 Å². The van der Waals surface area contributed by atoms with Crippen molar-refractivity contribution in [2.45, 2.75) is 6.92 Å². The fraction of sp³-hybridized carbons (Fsp3) is 0.400. The maximum atomic E-state index is 10.6. The van der Waals surface area contributed by atoms with Crippen molar-refractivity contribution in [2.75, 3.05) is 19.7 Å². The molecule has 0 heterocycles. The molecule has 5 nitrogen and oxygen atoms in total. The third kappa shape index (κ3) is 4.16. The Balaban J connectivity index is 2.62. The average molecular weight is 289 g/mol. The number of nitro benzene ring substituents is 1. The summed E-state index contributed by atoms with van der Waals surface area (Å²) in [5.74, 6) is 0.499. The lowest BCUT2D eigenvalue weighted by atomic mass is 10.3. The summed E-state index contributed by atoms with van der Waals surface area (Å²) >= 11 is 3.20. The Labute approximate surface area is 102 Å². The van der Waals surface area contributed by atoms with Crippen LogP contribution in [0.1, 0.15) is 6.92 Å². The summed E-state index contributed by atoms with van der Waals surface area (Å²) in [4.78, 5) is 10.2. The second-order valence-electron chi connectivity index (χ2n) is 3.10. The maximum Gasteiger partial charge on any atom is 0.274 e. The van der Waals surface area contributed by atoms with Gasteiger partial charge in [0.25, 0.3) is 5.69 Å². The zero-order chi connectivity index (χ0) is 12.0. The number of nitro groups is 1. The van der Waals surface area contributed by atoms with E-state index in [0.717, 1.165) is 13.1 Å². The van der Waals surface area contributed by atoms with E-state index < -0.39 is 4.92 Å². The number of nitrogens with zero attached hydrogens (tertiary/aromatic N) is 1. The molecular weight excluding hydrogens is 276 g/mol. The van der Waals surface area contributed by atoms with Crippen LogP contribution in [-0.4, -0.2) is 24.6 Å². The highest BCUT2D eigenvalue weighted by atomic mass is 79.9. The van der Waals surface area contributed by atoms with Crippen LogP contribution >= 0.6 is 15.9 Å². The van der Waals surface area contributed by atoms with Crippen LogP contribution in [0.3, 0.4) is 0 Å². The second-order valence-corrected chi connectivity index (χ2v) is 4.02. The lowest BCUT2D eigenvalue weighted by Crippen LogP contribution is -2.20. The summed E-state index contributed by atoms with van der Waals surface area (Å²) in [6, 6.07) is 4.56. The molecular formula is C10H13BrN2O3. The van der Waals surface area contributed by atoms with Gasteiger partial charge in [0, 0.05) is 17.1 Å². The van der Waals surface area contributed by atoms with Crippen molar-refractivity contribution in [3.05, 3.63) is 32.8 Å². The molecule has 0 radical (unpaired) electrons. The highest BCUT2D eigenvalue weighted by molar-refractivity contribution is 9.10. The first-order valence-corrected chi connectivity index (χ1v) is 5.71. The fourth-order valence-corrected chi connectivity index (χ4v) is 1.61. The first-order chi connectivity index (χ1) is 7.63. The van der Waals surface area contributed by atoms with E-state index in [2.05, 4.69) is 21.2 Å². The van der Waals surface area contributed by atoms with Gasteiger partial charge in [-0.1, -0.05) is 22.9 Å². The summed E-state index contributed by atoms with van der Waals surface area (Å²) in [6.45, 7) is 4.09. The highest BCUT2D eigenvalue weighted by Gasteiger charge is 2.09. The number of likely N-dealkylation sites (N-methyl/N-ethyl adjacent to an activating group) is 1. The van der Waals surface area contributed by atoms with E-state index in [1.165, 1.54) is 12.1 Å². The Bertz CT molecular complexity index is 371. The van der Waals surface area contributed by atoms with Crippen LogP contribution in [0, 0.1) is 10.1 Å². The van der Waals surface area contributed by atoms with Crippen molar-refractivity contribution in [1.29, 1.82) is 0 Å². The SMILES string of the molecule is CCNCCOc1cc(Br)cc([N+](=O)[O-])c1. The van der Waals surface area contributed by atoms with E-state index in [1.807, 2.05) is 6.92 Å². The molecule has 88 valence electrons. The molecule has 0 aromatic heterocycles. The normalized spacial score (nSPS) is 10.1. The summed E-state index contributed by atoms with van der Waals surface area (Å²) < 4.78 is 6.02. The molecule has 0 saturated heterocycles. The van der Waals surface area contributed by atoms with Crippen molar-refractivity contribution in [1.82, 2.24) is 5.32 Å². The zero-order valence-corrected chi connectivity index (χ0v) is 10.5. The van der Waals surface area contributed by atoms with Crippen LogP contribution in [0.15, 0.2) is 22.7 Å². The molecule has 0 bridgehead atoms. The van der Waals surface area contributed by atoms with Gasteiger partial charge < -0.3 is 10.1 Å². The van der Waals surface area contributed by atoms with Crippen LogP contribution < -0.4 is 10.1 Å². The third-order valence-electron chi connectivity index (χ3n) is 1.86. The van der Waals surface area contributed by atoms with Crippen molar-refractivity contribution in [2.24, 2.45) is 0 Å². The van der Waals surface area contributed by atoms with E-state index in [4.69, 9.17) is 4.74 Å². The van der Waals surface area contributed by atoms with Gasteiger partial charge >= 0.3 is 0 Å². The van der Waals surface area contributed by atoms with Gasteiger partial charge in [-0.05, 0) is 12.6 Å². The number of ether oxygens (including phenoxy) is 1. The van der Waals surface area contributed by atoms with Crippen LogP contribution in [0.25, 0.3) is 0 Å². The second kappa shape index (κ2) is 6.44. The predicted octanol–water partition coefficient (Wildman–Crippen LogP) is 2.35. The minimum atomic E-state index is -0.443. The monoisotopic (exact) mass is 288 g/mol. The Morgan fingerprint density at radius 1 is 1.50 bits per heavy atom. The molecule has 0 aliphatic rings. The first-order valence-electron chi connectivity index (χ1n) is 4.92. The highest BCUT2D eigenvalue weighted by Crippen LogP contribution is 2.25. The number of halogens is 1. The molecule has 1 aromatic carbocycles. The van der Waals surface area contributed by atoms with E-state index in [1.54, 1.807) is 6.07 Å². The molecule has 0 aliphatic heterocycles. The van der Waals surface area contributed by atoms with E-state index >= 15 is 0 Å². The summed E-state index contributed by atoms with van der Waals surface area (Å²) in [6.07, 6.45) is 0.